The van der Waals surface area contributed by atoms with Crippen LogP contribution in [-0.4, -0.2) is 32.0 Å². The average Bonchev–Trinajstić information content (AvgIpc) is 3.35. The van der Waals surface area contributed by atoms with E-state index in [4.69, 9.17) is 12.2 Å². The first-order valence-corrected chi connectivity index (χ1v) is 12.4. The van der Waals surface area contributed by atoms with E-state index in [-0.39, 0.29) is 24.5 Å². The van der Waals surface area contributed by atoms with E-state index in [1.165, 1.54) is 5.56 Å². The zero-order valence-electron chi connectivity index (χ0n) is 20.6. The van der Waals surface area contributed by atoms with Crippen molar-refractivity contribution in [3.05, 3.63) is 113 Å². The molecule has 2 aromatic carbocycles. The number of aryl methyl sites for hydroxylation is 2. The standard InChI is InChI=1S/C29H29N5OS/c1-19-10-9-13-23(16-19)34-20(2)17-24(21(34)3)28-27(25-14-7-8-15-30-25)32-29(36)33(28)18-26(35)31-22-11-5-4-6-12-22/h4-17,27-28H,18H2,1-3H3,(H,31,35)(H,32,36)/t27-,28+/m0/s1. The highest BCUT2D eigenvalue weighted by Crippen LogP contribution is 2.41. The van der Waals surface area contributed by atoms with Gasteiger partial charge in [-0.25, -0.2) is 0 Å². The molecule has 0 spiro atoms. The van der Waals surface area contributed by atoms with E-state index in [1.54, 1.807) is 6.20 Å². The topological polar surface area (TPSA) is 62.2 Å². The highest BCUT2D eigenvalue weighted by atomic mass is 32.1. The third-order valence-electron chi connectivity index (χ3n) is 6.62. The molecule has 0 aliphatic carbocycles. The second-order valence-electron chi connectivity index (χ2n) is 9.17. The molecular weight excluding hydrogens is 466 g/mol. The van der Waals surface area contributed by atoms with Gasteiger partial charge in [-0.3, -0.25) is 9.78 Å². The summed E-state index contributed by atoms with van der Waals surface area (Å²) in [5.41, 5.74) is 7.32. The van der Waals surface area contributed by atoms with Crippen LogP contribution >= 0.6 is 12.2 Å². The number of hydrogen-bond acceptors (Lipinski definition) is 3. The van der Waals surface area contributed by atoms with Crippen molar-refractivity contribution in [3.63, 3.8) is 0 Å². The highest BCUT2D eigenvalue weighted by molar-refractivity contribution is 7.80. The first-order chi connectivity index (χ1) is 17.4. The van der Waals surface area contributed by atoms with Crippen molar-refractivity contribution in [1.82, 2.24) is 19.8 Å². The van der Waals surface area contributed by atoms with Gasteiger partial charge in [-0.15, -0.1) is 0 Å². The van der Waals surface area contributed by atoms with Crippen LogP contribution < -0.4 is 10.6 Å². The van der Waals surface area contributed by atoms with Gasteiger partial charge in [0.25, 0.3) is 0 Å². The average molecular weight is 496 g/mol. The minimum atomic E-state index is -0.196. The van der Waals surface area contributed by atoms with Crippen LogP contribution in [0.3, 0.4) is 0 Å². The maximum Gasteiger partial charge on any atom is 0.244 e. The Labute approximate surface area is 217 Å². The molecule has 1 saturated heterocycles. The minimum Gasteiger partial charge on any atom is -0.352 e. The fraction of sp³-hybridized carbons (Fsp3) is 0.207. The third-order valence-corrected chi connectivity index (χ3v) is 6.97. The molecule has 2 aromatic heterocycles. The van der Waals surface area contributed by atoms with Crippen LogP contribution in [0, 0.1) is 20.8 Å². The highest BCUT2D eigenvalue weighted by Gasteiger charge is 2.42. The lowest BCUT2D eigenvalue weighted by atomic mass is 9.96. The summed E-state index contributed by atoms with van der Waals surface area (Å²) in [5.74, 6) is -0.121. The molecule has 1 fully saturated rings. The van der Waals surface area contributed by atoms with Crippen molar-refractivity contribution < 1.29 is 4.79 Å². The Kier molecular flexibility index (Phi) is 6.57. The number of anilines is 1. The summed E-state index contributed by atoms with van der Waals surface area (Å²) in [5, 5.41) is 6.98. The van der Waals surface area contributed by atoms with Crippen molar-refractivity contribution in [2.45, 2.75) is 32.9 Å². The number of amides is 1. The fourth-order valence-electron chi connectivity index (χ4n) is 5.04. The summed E-state index contributed by atoms with van der Waals surface area (Å²) < 4.78 is 2.27. The van der Waals surface area contributed by atoms with Crippen LogP contribution in [-0.2, 0) is 4.79 Å². The number of para-hydroxylation sites is 1. The number of rotatable bonds is 6. The number of carbonyl (C=O) groups is 1. The van der Waals surface area contributed by atoms with Crippen LogP contribution in [0.1, 0.15) is 40.3 Å². The van der Waals surface area contributed by atoms with Gasteiger partial charge in [0.05, 0.1) is 17.8 Å². The number of hydrogen-bond donors (Lipinski definition) is 2. The van der Waals surface area contributed by atoms with Gasteiger partial charge in [-0.05, 0) is 86.6 Å². The quantitative estimate of drug-likeness (QED) is 0.350. The largest absolute Gasteiger partial charge is 0.352 e. The van der Waals surface area contributed by atoms with Crippen molar-refractivity contribution in [2.75, 3.05) is 11.9 Å². The van der Waals surface area contributed by atoms with E-state index >= 15 is 0 Å². The van der Waals surface area contributed by atoms with Gasteiger partial charge in [-0.2, -0.15) is 0 Å². The molecular formula is C29H29N5OS. The van der Waals surface area contributed by atoms with Crippen molar-refractivity contribution in [1.29, 1.82) is 0 Å². The normalized spacial score (nSPS) is 17.2. The van der Waals surface area contributed by atoms with E-state index in [9.17, 15) is 4.79 Å². The van der Waals surface area contributed by atoms with Crippen LogP contribution in [0.25, 0.3) is 5.69 Å². The monoisotopic (exact) mass is 495 g/mol. The summed E-state index contributed by atoms with van der Waals surface area (Å²) in [6, 6.07) is 25.7. The SMILES string of the molecule is Cc1cccc(-n2c(C)cc([C@@H]3[C@H](c4ccccn4)NC(=S)N3CC(=O)Nc3ccccc3)c2C)c1. The lowest BCUT2D eigenvalue weighted by molar-refractivity contribution is -0.116. The Bertz CT molecular complexity index is 1400. The number of carbonyl (C=O) groups excluding carboxylic acids is 1. The second-order valence-corrected chi connectivity index (χ2v) is 9.56. The smallest absolute Gasteiger partial charge is 0.244 e. The lowest BCUT2D eigenvalue weighted by Crippen LogP contribution is -2.37. The van der Waals surface area contributed by atoms with E-state index < -0.39 is 0 Å². The summed E-state index contributed by atoms with van der Waals surface area (Å²) in [6.07, 6.45) is 1.79. The number of pyridine rings is 1. The molecule has 2 N–H and O–H groups in total. The molecule has 1 aliphatic heterocycles. The van der Waals surface area contributed by atoms with E-state index in [1.807, 2.05) is 53.4 Å². The number of aromatic nitrogens is 2. The van der Waals surface area contributed by atoms with Crippen LogP contribution in [0.15, 0.2) is 85.1 Å². The number of nitrogens with one attached hydrogen (secondary N) is 2. The number of benzene rings is 2. The second kappa shape index (κ2) is 9.95. The van der Waals surface area contributed by atoms with Gasteiger partial charge in [0.2, 0.25) is 5.91 Å². The van der Waals surface area contributed by atoms with Crippen LogP contribution in [0.4, 0.5) is 5.69 Å². The molecule has 0 bridgehead atoms. The first-order valence-electron chi connectivity index (χ1n) is 12.0. The van der Waals surface area contributed by atoms with Crippen LogP contribution in [0.2, 0.25) is 0 Å². The summed E-state index contributed by atoms with van der Waals surface area (Å²) in [7, 11) is 0. The van der Waals surface area contributed by atoms with Gasteiger partial charge in [-0.1, -0.05) is 36.4 Å². The van der Waals surface area contributed by atoms with Gasteiger partial charge in [0.1, 0.15) is 6.54 Å². The minimum absolute atomic E-state index is 0.121. The molecule has 4 aromatic rings. The zero-order chi connectivity index (χ0) is 25.2. The lowest BCUT2D eigenvalue weighted by Gasteiger charge is -2.27. The van der Waals surface area contributed by atoms with Crippen molar-refractivity contribution in [2.24, 2.45) is 0 Å². The predicted molar refractivity (Wildman–Crippen MR) is 147 cm³/mol. The molecule has 182 valence electrons. The van der Waals surface area contributed by atoms with E-state index in [0.717, 1.165) is 34.0 Å². The summed E-state index contributed by atoms with van der Waals surface area (Å²) >= 11 is 5.77. The van der Waals surface area contributed by atoms with Crippen molar-refractivity contribution >= 4 is 28.9 Å². The summed E-state index contributed by atoms with van der Waals surface area (Å²) in [6.45, 7) is 6.47. The predicted octanol–water partition coefficient (Wildman–Crippen LogP) is 5.41. The first kappa shape index (κ1) is 23.8. The molecule has 6 nitrogen and oxygen atoms in total. The number of thiocarbonyl (C=S) groups is 1. The van der Waals surface area contributed by atoms with E-state index in [0.29, 0.717) is 5.11 Å². The van der Waals surface area contributed by atoms with Gasteiger partial charge >= 0.3 is 0 Å². The van der Waals surface area contributed by atoms with Gasteiger partial charge in [0.15, 0.2) is 5.11 Å². The van der Waals surface area contributed by atoms with Gasteiger partial charge in [0, 0.05) is 29.0 Å². The molecule has 36 heavy (non-hydrogen) atoms. The maximum atomic E-state index is 13.1. The molecule has 0 unspecified atom stereocenters. The molecule has 7 heteroatoms. The molecule has 0 saturated carbocycles. The molecule has 0 radical (unpaired) electrons. The molecule has 1 aliphatic rings. The zero-order valence-corrected chi connectivity index (χ0v) is 21.4. The number of nitrogens with zero attached hydrogens (tertiary/aromatic N) is 3. The molecule has 2 atom stereocenters. The molecule has 3 heterocycles. The van der Waals surface area contributed by atoms with Crippen molar-refractivity contribution in [3.8, 4) is 5.69 Å². The fourth-order valence-corrected chi connectivity index (χ4v) is 5.35. The Hall–Kier alpha value is -3.97. The Balaban J connectivity index is 1.54. The summed E-state index contributed by atoms with van der Waals surface area (Å²) in [4.78, 5) is 19.7. The Morgan fingerprint density at radius 2 is 1.78 bits per heavy atom. The van der Waals surface area contributed by atoms with E-state index in [2.05, 4.69) is 71.3 Å². The Morgan fingerprint density at radius 1 is 1.00 bits per heavy atom. The van der Waals surface area contributed by atoms with Gasteiger partial charge < -0.3 is 20.1 Å². The molecule has 5 rings (SSSR count). The Morgan fingerprint density at radius 3 is 2.50 bits per heavy atom. The maximum absolute atomic E-state index is 13.1. The third kappa shape index (κ3) is 4.62. The van der Waals surface area contributed by atoms with Crippen LogP contribution in [0.5, 0.6) is 0 Å². The molecule has 1 amide bonds.